The van der Waals surface area contributed by atoms with E-state index in [1.165, 1.54) is 0 Å². The maximum Gasteiger partial charge on any atom is 0.411 e. The quantitative estimate of drug-likeness (QED) is 0.307. The number of nitrogens with zero attached hydrogens (tertiary/aromatic N) is 1. The number of amides is 2. The van der Waals surface area contributed by atoms with Crippen LogP contribution in [0.1, 0.15) is 41.1 Å². The summed E-state index contributed by atoms with van der Waals surface area (Å²) in [5, 5.41) is 7.56. The number of rotatable bonds is 5. The van der Waals surface area contributed by atoms with Crippen molar-refractivity contribution < 1.29 is 19.1 Å². The fourth-order valence-electron chi connectivity index (χ4n) is 5.22. The van der Waals surface area contributed by atoms with E-state index in [0.717, 1.165) is 27.6 Å². The van der Waals surface area contributed by atoms with E-state index in [2.05, 4.69) is 15.6 Å². The van der Waals surface area contributed by atoms with Gasteiger partial charge < -0.3 is 24.7 Å². The average Bonchev–Trinajstić information content (AvgIpc) is 2.96. The van der Waals surface area contributed by atoms with Crippen LogP contribution in [0, 0.1) is 6.92 Å². The Kier molecular flexibility index (Phi) is 8.35. The number of H-pyrrole nitrogens is 1. The molecule has 0 saturated carbocycles. The molecule has 2 aliphatic heterocycles. The second-order valence-corrected chi connectivity index (χ2v) is 10.4. The number of aromatic nitrogens is 1. The lowest BCUT2D eigenvalue weighted by Gasteiger charge is -2.30. The van der Waals surface area contributed by atoms with Gasteiger partial charge in [0.05, 0.1) is 13.2 Å². The molecule has 3 heterocycles. The number of hydrogen-bond donors (Lipinski definition) is 3. The van der Waals surface area contributed by atoms with Crippen molar-refractivity contribution in [2.24, 2.45) is 0 Å². The van der Waals surface area contributed by atoms with Gasteiger partial charge in [0.25, 0.3) is 5.56 Å². The van der Waals surface area contributed by atoms with E-state index in [9.17, 15) is 14.4 Å². The molecule has 1 aromatic heterocycles. The van der Waals surface area contributed by atoms with Crippen LogP contribution in [-0.2, 0) is 20.8 Å². The number of carbonyl (C=O) groups is 2. The number of pyridine rings is 1. The van der Waals surface area contributed by atoms with Crippen LogP contribution < -0.4 is 16.2 Å². The van der Waals surface area contributed by atoms with Crippen molar-refractivity contribution in [1.82, 2.24) is 9.88 Å². The van der Waals surface area contributed by atoms with E-state index in [-0.39, 0.29) is 24.0 Å². The summed E-state index contributed by atoms with van der Waals surface area (Å²) in [6, 6.07) is 19.9. The Bertz CT molecular complexity index is 1630. The molecule has 0 unspecified atom stereocenters. The minimum absolute atomic E-state index is 0.0541. The van der Waals surface area contributed by atoms with Gasteiger partial charge in [0.2, 0.25) is 5.91 Å². The summed E-state index contributed by atoms with van der Waals surface area (Å²) in [4.78, 5) is 43.8. The van der Waals surface area contributed by atoms with Gasteiger partial charge in [-0.05, 0) is 64.9 Å². The Morgan fingerprint density at radius 3 is 2.71 bits per heavy atom. The van der Waals surface area contributed by atoms with Crippen LogP contribution in [-0.4, -0.2) is 48.8 Å². The van der Waals surface area contributed by atoms with Crippen molar-refractivity contribution in [3.05, 3.63) is 106 Å². The van der Waals surface area contributed by atoms with Gasteiger partial charge in [0.1, 0.15) is 6.04 Å². The number of nitrogens with one attached hydrogen (secondary N) is 3. The molecular formula is C32H34N4O5. The lowest BCUT2D eigenvalue weighted by atomic mass is 9.92. The maximum atomic E-state index is 14.3. The molecule has 4 bridgehead atoms. The summed E-state index contributed by atoms with van der Waals surface area (Å²) in [6.07, 6.45) is 1.09. The third-order valence-corrected chi connectivity index (χ3v) is 7.38. The minimum Gasteiger partial charge on any atom is -0.449 e. The highest BCUT2D eigenvalue weighted by Crippen LogP contribution is 2.29. The largest absolute Gasteiger partial charge is 0.449 e. The standard InChI is InChI=1S/C32H34N4O5/c1-20-15-24-8-10-27(20)21(2)19-41-32(39)35-25-6-4-5-22(16-25)18-36(13-14-40-3)31(38)29(24)34-26-9-7-23-11-12-33-30(37)28(23)17-26/h4-12,15-17,21,29,34H,13-14,18-19H2,1-3H3,(H,33,37)(H,35,39)/t21-,29+/m0/s1. The highest BCUT2D eigenvalue weighted by molar-refractivity contribution is 5.89. The molecule has 6 rings (SSSR count). The molecule has 0 radical (unpaired) electrons. The van der Waals surface area contributed by atoms with E-state index < -0.39 is 12.1 Å². The van der Waals surface area contributed by atoms with Crippen LogP contribution in [0.5, 0.6) is 0 Å². The van der Waals surface area contributed by atoms with E-state index in [0.29, 0.717) is 36.5 Å². The Morgan fingerprint density at radius 2 is 1.90 bits per heavy atom. The number of fused-ring (bicyclic) bond motifs is 10. The topological polar surface area (TPSA) is 113 Å². The van der Waals surface area contributed by atoms with Crippen LogP contribution >= 0.6 is 0 Å². The number of methoxy groups -OCH3 is 1. The molecule has 2 amide bonds. The molecule has 2 aliphatic rings. The van der Waals surface area contributed by atoms with Gasteiger partial charge in [-0.25, -0.2) is 4.79 Å². The molecule has 0 saturated heterocycles. The van der Waals surface area contributed by atoms with E-state index >= 15 is 0 Å². The van der Waals surface area contributed by atoms with Crippen molar-refractivity contribution in [2.45, 2.75) is 32.4 Å². The number of anilines is 2. The zero-order valence-corrected chi connectivity index (χ0v) is 23.4. The molecule has 3 aromatic carbocycles. The van der Waals surface area contributed by atoms with Crippen molar-refractivity contribution in [2.75, 3.05) is 37.5 Å². The van der Waals surface area contributed by atoms with Crippen LogP contribution in [0.4, 0.5) is 16.2 Å². The van der Waals surface area contributed by atoms with Crippen LogP contribution in [0.3, 0.4) is 0 Å². The van der Waals surface area contributed by atoms with Crippen molar-refractivity contribution >= 4 is 34.1 Å². The average molecular weight is 555 g/mol. The predicted molar refractivity (Wildman–Crippen MR) is 159 cm³/mol. The van der Waals surface area contributed by atoms with Crippen LogP contribution in [0.15, 0.2) is 77.7 Å². The number of ether oxygens (including phenoxy) is 2. The van der Waals surface area contributed by atoms with Gasteiger partial charge in [-0.15, -0.1) is 0 Å². The van der Waals surface area contributed by atoms with Crippen LogP contribution in [0.2, 0.25) is 0 Å². The molecule has 9 nitrogen and oxygen atoms in total. The monoisotopic (exact) mass is 554 g/mol. The summed E-state index contributed by atoms with van der Waals surface area (Å²) in [5.41, 5.74) is 4.68. The second-order valence-electron chi connectivity index (χ2n) is 10.4. The van der Waals surface area contributed by atoms with Gasteiger partial charge in [0.15, 0.2) is 0 Å². The number of aryl methyl sites for hydroxylation is 1. The first-order valence-electron chi connectivity index (χ1n) is 13.6. The lowest BCUT2D eigenvalue weighted by Crippen LogP contribution is -2.39. The Balaban J connectivity index is 1.59. The van der Waals surface area contributed by atoms with Crippen LogP contribution in [0.25, 0.3) is 10.8 Å². The van der Waals surface area contributed by atoms with Gasteiger partial charge in [-0.1, -0.05) is 43.3 Å². The number of benzene rings is 3. The van der Waals surface area contributed by atoms with Gasteiger partial charge in [0, 0.05) is 49.1 Å². The number of hydrogen-bond acceptors (Lipinski definition) is 6. The SMILES string of the molecule is COCCN1Cc2cccc(c2)NC(=O)OC[C@H](C)c2ccc(cc2C)[C@@H](Nc2ccc3cc[nH]c(=O)c3c2)C1=O. The summed E-state index contributed by atoms with van der Waals surface area (Å²) in [5.74, 6) is -0.198. The van der Waals surface area contributed by atoms with Gasteiger partial charge >= 0.3 is 6.09 Å². The molecule has 0 fully saturated rings. The fourth-order valence-corrected chi connectivity index (χ4v) is 5.22. The molecule has 0 aliphatic carbocycles. The van der Waals surface area contributed by atoms with Crippen molar-refractivity contribution in [3.63, 3.8) is 0 Å². The molecule has 4 aromatic rings. The molecule has 212 valence electrons. The normalized spacial score (nSPS) is 17.8. The van der Waals surface area contributed by atoms with Gasteiger partial charge in [-0.2, -0.15) is 0 Å². The first-order chi connectivity index (χ1) is 19.8. The predicted octanol–water partition coefficient (Wildman–Crippen LogP) is 5.33. The molecular weight excluding hydrogens is 520 g/mol. The summed E-state index contributed by atoms with van der Waals surface area (Å²) >= 11 is 0. The zero-order chi connectivity index (χ0) is 28.9. The minimum atomic E-state index is -0.734. The highest BCUT2D eigenvalue weighted by Gasteiger charge is 2.28. The number of aromatic amines is 1. The molecule has 0 spiro atoms. The Hall–Kier alpha value is -4.63. The van der Waals surface area contributed by atoms with E-state index in [1.807, 2.05) is 68.4 Å². The fraction of sp³-hybridized carbons (Fsp3) is 0.281. The highest BCUT2D eigenvalue weighted by atomic mass is 16.5. The van der Waals surface area contributed by atoms with Crippen molar-refractivity contribution in [3.8, 4) is 0 Å². The molecule has 2 atom stereocenters. The van der Waals surface area contributed by atoms with E-state index in [4.69, 9.17) is 9.47 Å². The summed E-state index contributed by atoms with van der Waals surface area (Å²) in [6.45, 7) is 5.21. The molecule has 3 N–H and O–H groups in total. The second kappa shape index (κ2) is 12.3. The maximum absolute atomic E-state index is 14.3. The first-order valence-corrected chi connectivity index (χ1v) is 13.6. The van der Waals surface area contributed by atoms with E-state index in [1.54, 1.807) is 30.3 Å². The number of carbonyl (C=O) groups excluding carboxylic acids is 2. The third kappa shape index (κ3) is 6.41. The Morgan fingerprint density at radius 1 is 1.05 bits per heavy atom. The summed E-state index contributed by atoms with van der Waals surface area (Å²) in [7, 11) is 1.60. The molecule has 41 heavy (non-hydrogen) atoms. The van der Waals surface area contributed by atoms with Gasteiger partial charge in [-0.3, -0.25) is 14.9 Å². The molecule has 9 heteroatoms. The smallest absolute Gasteiger partial charge is 0.411 e. The third-order valence-electron chi connectivity index (χ3n) is 7.38. The zero-order valence-electron chi connectivity index (χ0n) is 23.4. The lowest BCUT2D eigenvalue weighted by molar-refractivity contribution is -0.133. The first kappa shape index (κ1) is 27.9. The summed E-state index contributed by atoms with van der Waals surface area (Å²) < 4.78 is 10.9. The Labute approximate surface area is 238 Å². The van der Waals surface area contributed by atoms with Crippen molar-refractivity contribution in [1.29, 1.82) is 0 Å².